The molecule has 2 aromatic rings. The van der Waals surface area contributed by atoms with Crippen molar-refractivity contribution in [2.24, 2.45) is 0 Å². The molecule has 1 N–H and O–H groups in total. The van der Waals surface area contributed by atoms with E-state index in [1.165, 1.54) is 19.3 Å². The van der Waals surface area contributed by atoms with E-state index < -0.39 is 0 Å². The van der Waals surface area contributed by atoms with E-state index in [0.717, 1.165) is 37.4 Å². The number of carbonyl (C=O) groups is 2. The number of likely N-dealkylation sites (tertiary alicyclic amines) is 2. The fourth-order valence-electron chi connectivity index (χ4n) is 4.27. The molecule has 0 spiro atoms. The van der Waals surface area contributed by atoms with E-state index in [0.29, 0.717) is 25.1 Å². The van der Waals surface area contributed by atoms with E-state index in [4.69, 9.17) is 4.42 Å². The number of nitrogens with one attached hydrogen (secondary N) is 1. The zero-order chi connectivity index (χ0) is 20.1. The van der Waals surface area contributed by atoms with Crippen LogP contribution < -0.4 is 5.32 Å². The van der Waals surface area contributed by atoms with Crippen molar-refractivity contribution in [2.75, 3.05) is 26.2 Å². The molecule has 2 saturated heterocycles. The molecule has 1 aromatic heterocycles. The normalized spacial score (nSPS) is 18.8. The molecule has 1 atom stereocenters. The molecule has 1 unspecified atom stereocenters. The Kier molecular flexibility index (Phi) is 6.30. The van der Waals surface area contributed by atoms with Crippen LogP contribution in [-0.2, 0) is 11.3 Å². The Morgan fingerprint density at radius 2 is 1.83 bits per heavy atom. The predicted molar refractivity (Wildman–Crippen MR) is 110 cm³/mol. The molecule has 0 saturated carbocycles. The van der Waals surface area contributed by atoms with Gasteiger partial charge in [-0.1, -0.05) is 18.6 Å². The van der Waals surface area contributed by atoms with Crippen molar-refractivity contribution in [3.8, 4) is 0 Å². The van der Waals surface area contributed by atoms with Gasteiger partial charge in [0.2, 0.25) is 5.91 Å². The number of nitrogens with zero attached hydrogens (tertiary/aromatic N) is 2. The van der Waals surface area contributed by atoms with Gasteiger partial charge in [-0.3, -0.25) is 14.5 Å². The van der Waals surface area contributed by atoms with Crippen molar-refractivity contribution >= 4 is 11.8 Å². The lowest BCUT2D eigenvalue weighted by molar-refractivity contribution is -0.128. The summed E-state index contributed by atoms with van der Waals surface area (Å²) in [5, 5.41) is 3.08. The Bertz CT molecular complexity index is 810. The van der Waals surface area contributed by atoms with Crippen LogP contribution in [0.25, 0.3) is 0 Å². The minimum Gasteiger partial charge on any atom is -0.468 e. The van der Waals surface area contributed by atoms with Crippen LogP contribution in [0.15, 0.2) is 47.1 Å². The zero-order valence-electron chi connectivity index (χ0n) is 16.8. The van der Waals surface area contributed by atoms with Crippen molar-refractivity contribution in [3.05, 3.63) is 59.5 Å². The molecule has 2 aliphatic heterocycles. The maximum atomic E-state index is 12.7. The molecule has 29 heavy (non-hydrogen) atoms. The number of hydrogen-bond donors (Lipinski definition) is 1. The Morgan fingerprint density at radius 3 is 2.48 bits per heavy atom. The first-order valence-corrected chi connectivity index (χ1v) is 10.6. The smallest absolute Gasteiger partial charge is 0.251 e. The second-order valence-electron chi connectivity index (χ2n) is 7.95. The summed E-state index contributed by atoms with van der Waals surface area (Å²) in [7, 11) is 0. The van der Waals surface area contributed by atoms with Crippen LogP contribution in [0.1, 0.15) is 59.8 Å². The third-order valence-electron chi connectivity index (χ3n) is 5.92. The van der Waals surface area contributed by atoms with E-state index in [2.05, 4.69) is 10.2 Å². The molecular weight excluding hydrogens is 366 g/mol. The van der Waals surface area contributed by atoms with Crippen LogP contribution >= 0.6 is 0 Å². The summed E-state index contributed by atoms with van der Waals surface area (Å²) in [5.41, 5.74) is 1.69. The molecule has 6 heteroatoms. The number of rotatable bonds is 7. The monoisotopic (exact) mass is 395 g/mol. The van der Waals surface area contributed by atoms with Gasteiger partial charge in [0.25, 0.3) is 5.91 Å². The molecule has 2 aliphatic rings. The van der Waals surface area contributed by atoms with Crippen molar-refractivity contribution in [3.63, 3.8) is 0 Å². The van der Waals surface area contributed by atoms with E-state index in [-0.39, 0.29) is 17.9 Å². The molecule has 4 rings (SSSR count). The molecule has 0 aliphatic carbocycles. The Hall–Kier alpha value is -2.60. The first-order chi connectivity index (χ1) is 14.2. The minimum atomic E-state index is -0.0811. The summed E-state index contributed by atoms with van der Waals surface area (Å²) in [6.07, 6.45) is 6.92. The Morgan fingerprint density at radius 1 is 1.03 bits per heavy atom. The fraction of sp³-hybridized carbons (Fsp3) is 0.478. The van der Waals surface area contributed by atoms with Crippen molar-refractivity contribution in [1.82, 2.24) is 15.1 Å². The summed E-state index contributed by atoms with van der Waals surface area (Å²) < 4.78 is 5.65. The quantitative estimate of drug-likeness (QED) is 0.781. The van der Waals surface area contributed by atoms with Crippen molar-refractivity contribution < 1.29 is 14.0 Å². The summed E-state index contributed by atoms with van der Waals surface area (Å²) in [4.78, 5) is 28.7. The highest BCUT2D eigenvalue weighted by atomic mass is 16.3. The lowest BCUT2D eigenvalue weighted by atomic mass is 10.1. The molecule has 1 aromatic carbocycles. The fourth-order valence-corrected chi connectivity index (χ4v) is 4.27. The molecule has 0 bridgehead atoms. The molecule has 6 nitrogen and oxygen atoms in total. The van der Waals surface area contributed by atoms with Crippen molar-refractivity contribution in [1.29, 1.82) is 0 Å². The average Bonchev–Trinajstić information content (AvgIpc) is 3.42. The topological polar surface area (TPSA) is 65.8 Å². The van der Waals surface area contributed by atoms with Crippen LogP contribution in [-0.4, -0.2) is 47.8 Å². The van der Waals surface area contributed by atoms with E-state index >= 15 is 0 Å². The second-order valence-corrected chi connectivity index (χ2v) is 7.95. The highest BCUT2D eigenvalue weighted by Crippen LogP contribution is 2.24. The number of piperidine rings is 1. The van der Waals surface area contributed by atoms with Crippen LogP contribution in [0.5, 0.6) is 0 Å². The van der Waals surface area contributed by atoms with Gasteiger partial charge in [-0.25, -0.2) is 0 Å². The van der Waals surface area contributed by atoms with E-state index in [1.807, 2.05) is 41.3 Å². The number of furan rings is 1. The first kappa shape index (κ1) is 19.7. The summed E-state index contributed by atoms with van der Waals surface area (Å²) >= 11 is 0. The number of amides is 2. The van der Waals surface area contributed by atoms with Gasteiger partial charge >= 0.3 is 0 Å². The molecule has 2 amide bonds. The number of benzene rings is 1. The maximum Gasteiger partial charge on any atom is 0.251 e. The SMILES string of the molecule is O=C(NCC(c1ccco1)N1CCCCC1)c1ccc(CN2CCCC2=O)cc1. The van der Waals surface area contributed by atoms with Gasteiger partial charge in [-0.2, -0.15) is 0 Å². The van der Waals surface area contributed by atoms with Gasteiger partial charge < -0.3 is 14.6 Å². The largest absolute Gasteiger partial charge is 0.468 e. The molecule has 2 fully saturated rings. The van der Waals surface area contributed by atoms with E-state index in [1.54, 1.807) is 6.26 Å². The standard InChI is InChI=1S/C23H29N3O3/c27-22-7-4-14-26(22)17-18-8-10-19(11-9-18)23(28)24-16-20(21-6-5-15-29-21)25-12-2-1-3-13-25/h5-6,8-11,15,20H,1-4,7,12-14,16-17H2,(H,24,28). The Balaban J connectivity index is 1.35. The van der Waals surface area contributed by atoms with E-state index in [9.17, 15) is 9.59 Å². The first-order valence-electron chi connectivity index (χ1n) is 10.6. The highest BCUT2D eigenvalue weighted by Gasteiger charge is 2.25. The van der Waals surface area contributed by atoms with Gasteiger partial charge in [0.05, 0.1) is 12.3 Å². The second kappa shape index (κ2) is 9.27. The van der Waals surface area contributed by atoms with Gasteiger partial charge in [-0.05, 0) is 62.2 Å². The summed E-state index contributed by atoms with van der Waals surface area (Å²) in [6.45, 7) is 4.04. The summed E-state index contributed by atoms with van der Waals surface area (Å²) in [6, 6.07) is 11.5. The third kappa shape index (κ3) is 4.88. The van der Waals surface area contributed by atoms with Crippen LogP contribution in [0, 0.1) is 0 Å². The lowest BCUT2D eigenvalue weighted by Gasteiger charge is -2.33. The highest BCUT2D eigenvalue weighted by molar-refractivity contribution is 5.94. The van der Waals surface area contributed by atoms with Crippen LogP contribution in [0.4, 0.5) is 0 Å². The third-order valence-corrected chi connectivity index (χ3v) is 5.92. The number of carbonyl (C=O) groups excluding carboxylic acids is 2. The maximum absolute atomic E-state index is 12.7. The van der Waals surface area contributed by atoms with Gasteiger partial charge in [-0.15, -0.1) is 0 Å². The molecular formula is C23H29N3O3. The van der Waals surface area contributed by atoms with Crippen LogP contribution in [0.3, 0.4) is 0 Å². The van der Waals surface area contributed by atoms with Gasteiger partial charge in [0, 0.05) is 31.6 Å². The van der Waals surface area contributed by atoms with Gasteiger partial charge in [0.1, 0.15) is 5.76 Å². The number of hydrogen-bond acceptors (Lipinski definition) is 4. The van der Waals surface area contributed by atoms with Crippen LogP contribution in [0.2, 0.25) is 0 Å². The molecule has 154 valence electrons. The average molecular weight is 396 g/mol. The van der Waals surface area contributed by atoms with Gasteiger partial charge in [0.15, 0.2) is 0 Å². The molecule has 3 heterocycles. The minimum absolute atomic E-state index is 0.0645. The predicted octanol–water partition coefficient (Wildman–Crippen LogP) is 3.36. The zero-order valence-corrected chi connectivity index (χ0v) is 16.8. The molecule has 0 radical (unpaired) electrons. The van der Waals surface area contributed by atoms with Crippen molar-refractivity contribution in [2.45, 2.75) is 44.7 Å². The Labute approximate surface area is 171 Å². The summed E-state index contributed by atoms with van der Waals surface area (Å²) in [5.74, 6) is 1.04. The lowest BCUT2D eigenvalue weighted by Crippen LogP contribution is -2.40.